The second-order valence-electron chi connectivity index (χ2n) is 6.45. The van der Waals surface area contributed by atoms with Gasteiger partial charge in [-0.15, -0.1) is 0 Å². The molecule has 2 amide bonds. The maximum atomic E-state index is 12.7. The van der Waals surface area contributed by atoms with Crippen molar-refractivity contribution in [1.29, 1.82) is 0 Å². The third-order valence-electron chi connectivity index (χ3n) is 4.49. The number of hydrogen-bond donors (Lipinski definition) is 3. The van der Waals surface area contributed by atoms with E-state index in [9.17, 15) is 14.7 Å². The number of nitrogens with one attached hydrogen (secondary N) is 2. The van der Waals surface area contributed by atoms with Gasteiger partial charge in [-0.05, 0) is 19.4 Å². The van der Waals surface area contributed by atoms with Crippen LogP contribution in [0.1, 0.15) is 33.6 Å². The van der Waals surface area contributed by atoms with Crippen LogP contribution in [0.3, 0.4) is 0 Å². The zero-order chi connectivity index (χ0) is 18.0. The minimum atomic E-state index is -0.703. The summed E-state index contributed by atoms with van der Waals surface area (Å²) in [7, 11) is 0. The molecule has 1 saturated heterocycles. The summed E-state index contributed by atoms with van der Waals surface area (Å²) in [4.78, 5) is 26.7. The highest BCUT2D eigenvalue weighted by molar-refractivity contribution is 5.98. The zero-order valence-electron chi connectivity index (χ0n) is 14.3. The number of amides is 2. The lowest BCUT2D eigenvalue weighted by molar-refractivity contribution is -0.125. The Hall–Kier alpha value is -2.67. The Labute approximate surface area is 146 Å². The zero-order valence-corrected chi connectivity index (χ0v) is 14.3. The van der Waals surface area contributed by atoms with Crippen molar-refractivity contribution in [1.82, 2.24) is 20.4 Å². The average Bonchev–Trinajstić information content (AvgIpc) is 3.19. The fourth-order valence-electron chi connectivity index (χ4n) is 3.03. The number of hydrogen-bond acceptors (Lipinski definition) is 4. The summed E-state index contributed by atoms with van der Waals surface area (Å²) in [5.74, 6) is -0.551. The molecule has 7 heteroatoms. The van der Waals surface area contributed by atoms with Crippen LogP contribution in [0.25, 0.3) is 0 Å². The summed E-state index contributed by atoms with van der Waals surface area (Å²) in [6, 6.07) is 7.20. The predicted molar refractivity (Wildman–Crippen MR) is 91.8 cm³/mol. The molecule has 0 spiro atoms. The molecule has 1 aliphatic rings. The monoisotopic (exact) mass is 342 g/mol. The van der Waals surface area contributed by atoms with Gasteiger partial charge in [0.2, 0.25) is 5.91 Å². The van der Waals surface area contributed by atoms with E-state index in [0.29, 0.717) is 17.8 Å². The second kappa shape index (κ2) is 7.06. The first-order chi connectivity index (χ1) is 12.0. The van der Waals surface area contributed by atoms with Crippen LogP contribution < -0.4 is 5.32 Å². The van der Waals surface area contributed by atoms with Crippen molar-refractivity contribution in [2.24, 2.45) is 0 Å². The van der Waals surface area contributed by atoms with Gasteiger partial charge in [-0.2, -0.15) is 5.10 Å². The normalized spacial score (nSPS) is 19.9. The van der Waals surface area contributed by atoms with E-state index in [-0.39, 0.29) is 24.8 Å². The molecule has 1 aromatic heterocycles. The van der Waals surface area contributed by atoms with Crippen LogP contribution in [0, 0.1) is 13.8 Å². The Balaban J connectivity index is 1.68. The molecule has 2 atom stereocenters. The lowest BCUT2D eigenvalue weighted by Crippen LogP contribution is -2.45. The van der Waals surface area contributed by atoms with Crippen molar-refractivity contribution in [2.45, 2.75) is 39.0 Å². The van der Waals surface area contributed by atoms with Gasteiger partial charge >= 0.3 is 0 Å². The molecule has 7 nitrogen and oxygen atoms in total. The van der Waals surface area contributed by atoms with Gasteiger partial charge in [0.05, 0.1) is 17.4 Å². The molecule has 1 aliphatic heterocycles. The number of carbonyl (C=O) groups excluding carboxylic acids is 2. The van der Waals surface area contributed by atoms with Crippen molar-refractivity contribution in [2.75, 3.05) is 6.54 Å². The largest absolute Gasteiger partial charge is 0.391 e. The first-order valence-electron chi connectivity index (χ1n) is 8.28. The molecule has 2 heterocycles. The minimum absolute atomic E-state index is 0.145. The average molecular weight is 342 g/mol. The van der Waals surface area contributed by atoms with Crippen molar-refractivity contribution in [3.05, 3.63) is 52.8 Å². The summed E-state index contributed by atoms with van der Waals surface area (Å²) >= 11 is 0. The number of nitrogens with zero attached hydrogens (tertiary/aromatic N) is 2. The molecule has 1 fully saturated rings. The lowest BCUT2D eigenvalue weighted by Gasteiger charge is -2.23. The highest BCUT2D eigenvalue weighted by Crippen LogP contribution is 2.22. The summed E-state index contributed by atoms with van der Waals surface area (Å²) in [5, 5.41) is 19.4. The van der Waals surface area contributed by atoms with Crippen LogP contribution in [0.2, 0.25) is 0 Å². The van der Waals surface area contributed by atoms with Gasteiger partial charge in [0.1, 0.15) is 6.04 Å². The van der Waals surface area contributed by atoms with Gasteiger partial charge < -0.3 is 15.3 Å². The summed E-state index contributed by atoms with van der Waals surface area (Å²) in [6.45, 7) is 4.26. The van der Waals surface area contributed by atoms with Gasteiger partial charge in [0.15, 0.2) is 0 Å². The Morgan fingerprint density at radius 2 is 2.04 bits per heavy atom. The Bertz CT molecular complexity index is 769. The van der Waals surface area contributed by atoms with Gasteiger partial charge in [-0.1, -0.05) is 29.8 Å². The van der Waals surface area contributed by atoms with E-state index in [2.05, 4.69) is 15.5 Å². The third kappa shape index (κ3) is 3.71. The molecule has 0 aliphatic carbocycles. The smallest absolute Gasteiger partial charge is 0.258 e. The van der Waals surface area contributed by atoms with Gasteiger partial charge in [0.25, 0.3) is 5.91 Å². The Morgan fingerprint density at radius 1 is 1.32 bits per heavy atom. The number of aromatic amines is 1. The van der Waals surface area contributed by atoms with E-state index in [1.54, 1.807) is 6.92 Å². The highest BCUT2D eigenvalue weighted by atomic mass is 16.3. The van der Waals surface area contributed by atoms with Gasteiger partial charge in [-0.3, -0.25) is 14.7 Å². The van der Waals surface area contributed by atoms with Crippen LogP contribution in [0.4, 0.5) is 0 Å². The molecule has 25 heavy (non-hydrogen) atoms. The van der Waals surface area contributed by atoms with Crippen LogP contribution in [0.5, 0.6) is 0 Å². The molecule has 0 bridgehead atoms. The van der Waals surface area contributed by atoms with Crippen molar-refractivity contribution in [3.63, 3.8) is 0 Å². The lowest BCUT2D eigenvalue weighted by atomic mass is 10.1. The number of aryl methyl sites for hydroxylation is 2. The Morgan fingerprint density at radius 3 is 2.68 bits per heavy atom. The fraction of sp³-hybridized carbons (Fsp3) is 0.389. The quantitative estimate of drug-likeness (QED) is 0.769. The number of H-pyrrole nitrogens is 1. The number of aliphatic hydroxyl groups is 1. The maximum absolute atomic E-state index is 12.7. The van der Waals surface area contributed by atoms with Crippen LogP contribution in [-0.2, 0) is 11.3 Å². The van der Waals surface area contributed by atoms with E-state index in [4.69, 9.17) is 0 Å². The molecule has 0 unspecified atom stereocenters. The topological polar surface area (TPSA) is 98.3 Å². The second-order valence-corrected chi connectivity index (χ2v) is 6.45. The van der Waals surface area contributed by atoms with Crippen molar-refractivity contribution >= 4 is 11.8 Å². The number of β-amino-alcohol motifs (C(OH)–C–C–N with tert-alkyl or cyclic N) is 1. The van der Waals surface area contributed by atoms with E-state index >= 15 is 0 Å². The fourth-order valence-corrected chi connectivity index (χ4v) is 3.03. The number of likely N-dealkylation sites (tertiary alicyclic amines) is 1. The van der Waals surface area contributed by atoms with E-state index in [1.165, 1.54) is 11.1 Å². The van der Waals surface area contributed by atoms with Gasteiger partial charge in [-0.25, -0.2) is 0 Å². The first kappa shape index (κ1) is 17.2. The highest BCUT2D eigenvalue weighted by Gasteiger charge is 2.39. The molecule has 1 aromatic carbocycles. The maximum Gasteiger partial charge on any atom is 0.258 e. The number of rotatable bonds is 4. The molecule has 0 saturated carbocycles. The minimum Gasteiger partial charge on any atom is -0.391 e. The third-order valence-corrected chi connectivity index (χ3v) is 4.49. The van der Waals surface area contributed by atoms with Crippen LogP contribution >= 0.6 is 0 Å². The summed E-state index contributed by atoms with van der Waals surface area (Å²) in [6.07, 6.45) is 1.05. The number of aromatic nitrogens is 2. The van der Waals surface area contributed by atoms with E-state index < -0.39 is 12.1 Å². The van der Waals surface area contributed by atoms with Crippen molar-refractivity contribution in [3.8, 4) is 0 Å². The first-order valence-corrected chi connectivity index (χ1v) is 8.28. The van der Waals surface area contributed by atoms with E-state index in [0.717, 1.165) is 11.1 Å². The molecule has 0 radical (unpaired) electrons. The van der Waals surface area contributed by atoms with Crippen LogP contribution in [-0.4, -0.2) is 50.7 Å². The summed E-state index contributed by atoms with van der Waals surface area (Å²) < 4.78 is 0. The van der Waals surface area contributed by atoms with E-state index in [1.807, 2.05) is 31.2 Å². The molecule has 132 valence electrons. The van der Waals surface area contributed by atoms with Gasteiger partial charge in [0, 0.05) is 25.7 Å². The molecular formula is C18H22N4O3. The number of carbonyl (C=O) groups is 2. The SMILES string of the molecule is Cc1ccc(CNC(=O)[C@@H]2C[C@@H](O)CN2C(=O)c2c[nH]nc2C)cc1. The van der Waals surface area contributed by atoms with Crippen molar-refractivity contribution < 1.29 is 14.7 Å². The molecule has 3 rings (SSSR count). The molecular weight excluding hydrogens is 320 g/mol. The number of benzene rings is 1. The Kier molecular flexibility index (Phi) is 4.85. The standard InChI is InChI=1S/C18H22N4O3/c1-11-3-5-13(6-4-11)8-19-17(24)16-7-14(23)10-22(16)18(25)15-9-20-21-12(15)2/h3-6,9,14,16,23H,7-8,10H2,1-2H3,(H,19,24)(H,20,21)/t14-,16+/m1/s1. The van der Waals surface area contributed by atoms with Crippen LogP contribution in [0.15, 0.2) is 30.5 Å². The predicted octanol–water partition coefficient (Wildman–Crippen LogP) is 0.918. The summed E-state index contributed by atoms with van der Waals surface area (Å²) in [5.41, 5.74) is 3.14. The molecule has 2 aromatic rings. The number of aliphatic hydroxyl groups excluding tert-OH is 1. The molecule has 3 N–H and O–H groups in total.